The molecule has 0 amide bonds. The van der Waals surface area contributed by atoms with Crippen molar-refractivity contribution in [3.8, 4) is 0 Å². The highest BCUT2D eigenvalue weighted by Gasteiger charge is 2.14. The summed E-state index contributed by atoms with van der Waals surface area (Å²) in [6.45, 7) is 6.31. The summed E-state index contributed by atoms with van der Waals surface area (Å²) in [6.07, 6.45) is 4.40. The number of nitrogens with zero attached hydrogens (tertiary/aromatic N) is 3. The van der Waals surface area contributed by atoms with Crippen molar-refractivity contribution >= 4 is 17.7 Å². The Hall–Kier alpha value is -1.01. The lowest BCUT2D eigenvalue weighted by Gasteiger charge is -2.16. The van der Waals surface area contributed by atoms with Crippen molar-refractivity contribution in [3.63, 3.8) is 0 Å². The van der Waals surface area contributed by atoms with Crippen molar-refractivity contribution in [2.45, 2.75) is 31.5 Å². The average Bonchev–Trinajstić information content (AvgIpc) is 2.94. The van der Waals surface area contributed by atoms with Crippen LogP contribution in [0, 0.1) is 6.92 Å². The molecule has 1 aliphatic heterocycles. The van der Waals surface area contributed by atoms with Crippen molar-refractivity contribution in [2.24, 2.45) is 0 Å². The molecule has 5 nitrogen and oxygen atoms in total. The molecular weight excluding hydrogens is 250 g/mol. The fourth-order valence-corrected chi connectivity index (χ4v) is 2.97. The summed E-state index contributed by atoms with van der Waals surface area (Å²) in [7, 11) is 0. The molecule has 1 aromatic rings. The first-order chi connectivity index (χ1) is 8.66. The van der Waals surface area contributed by atoms with Crippen LogP contribution in [0.2, 0.25) is 0 Å². The summed E-state index contributed by atoms with van der Waals surface area (Å²) in [5, 5.41) is 9.52. The molecule has 1 fully saturated rings. The maximum absolute atomic E-state index is 10.6. The quantitative estimate of drug-likeness (QED) is 0.792. The number of carbonyl (C=O) groups is 1. The number of likely N-dealkylation sites (tertiary alicyclic amines) is 1. The van der Waals surface area contributed by atoms with Gasteiger partial charge in [-0.3, -0.25) is 4.79 Å². The van der Waals surface area contributed by atoms with Gasteiger partial charge in [-0.25, -0.2) is 4.98 Å². The molecule has 0 atom stereocenters. The highest BCUT2D eigenvalue weighted by molar-refractivity contribution is 7.99. The van der Waals surface area contributed by atoms with Crippen LogP contribution in [-0.4, -0.2) is 50.9 Å². The number of carboxylic acid groups (broad SMARTS) is 1. The minimum absolute atomic E-state index is 0.0696. The number of hydrogen-bond donors (Lipinski definition) is 1. The molecule has 0 radical (unpaired) electrons. The van der Waals surface area contributed by atoms with Gasteiger partial charge in [-0.05, 0) is 32.9 Å². The maximum Gasteiger partial charge on any atom is 0.313 e. The lowest BCUT2D eigenvalue weighted by Crippen LogP contribution is -2.24. The summed E-state index contributed by atoms with van der Waals surface area (Å²) in [5.41, 5.74) is 1.10. The predicted octanol–water partition coefficient (Wildman–Crippen LogP) is 1.46. The zero-order chi connectivity index (χ0) is 13.0. The van der Waals surface area contributed by atoms with Crippen LogP contribution in [-0.2, 0) is 11.3 Å². The second-order valence-electron chi connectivity index (χ2n) is 4.56. The molecule has 100 valence electrons. The topological polar surface area (TPSA) is 58.4 Å². The van der Waals surface area contributed by atoms with E-state index in [1.165, 1.54) is 37.7 Å². The first-order valence-electron chi connectivity index (χ1n) is 6.26. The Kier molecular flexibility index (Phi) is 4.66. The Balaban J connectivity index is 1.92. The van der Waals surface area contributed by atoms with Crippen molar-refractivity contribution < 1.29 is 9.90 Å². The molecule has 0 saturated carbocycles. The summed E-state index contributed by atoms with van der Waals surface area (Å²) < 4.78 is 2.12. The molecule has 18 heavy (non-hydrogen) atoms. The molecule has 6 heteroatoms. The molecule has 0 unspecified atom stereocenters. The van der Waals surface area contributed by atoms with Crippen LogP contribution >= 0.6 is 11.8 Å². The van der Waals surface area contributed by atoms with Gasteiger partial charge in [0.15, 0.2) is 5.16 Å². The van der Waals surface area contributed by atoms with Crippen molar-refractivity contribution in [1.82, 2.24) is 14.5 Å². The largest absolute Gasteiger partial charge is 0.481 e. The molecule has 1 N–H and O–H groups in total. The van der Waals surface area contributed by atoms with Gasteiger partial charge in [0.2, 0.25) is 0 Å². The number of aryl methyl sites for hydroxylation is 1. The Morgan fingerprint density at radius 3 is 2.83 bits per heavy atom. The van der Waals surface area contributed by atoms with E-state index in [1.54, 1.807) is 0 Å². The number of aromatic nitrogens is 2. The molecular formula is C12H19N3O2S. The van der Waals surface area contributed by atoms with Gasteiger partial charge >= 0.3 is 5.97 Å². The zero-order valence-electron chi connectivity index (χ0n) is 10.6. The molecule has 1 saturated heterocycles. The fraction of sp³-hybridized carbons (Fsp3) is 0.667. The van der Waals surface area contributed by atoms with Crippen LogP contribution in [0.1, 0.15) is 18.5 Å². The Morgan fingerprint density at radius 2 is 2.17 bits per heavy atom. The van der Waals surface area contributed by atoms with Gasteiger partial charge in [-0.2, -0.15) is 0 Å². The third-order valence-electron chi connectivity index (χ3n) is 3.18. The van der Waals surface area contributed by atoms with E-state index in [4.69, 9.17) is 5.11 Å². The van der Waals surface area contributed by atoms with E-state index in [-0.39, 0.29) is 5.75 Å². The van der Waals surface area contributed by atoms with Crippen LogP contribution in [0.5, 0.6) is 0 Å². The SMILES string of the molecule is Cc1cnc(SCC(=O)O)n1CCN1CCCC1. The predicted molar refractivity (Wildman–Crippen MR) is 71.0 cm³/mol. The van der Waals surface area contributed by atoms with E-state index < -0.39 is 5.97 Å². The molecule has 2 rings (SSSR count). The van der Waals surface area contributed by atoms with Gasteiger partial charge < -0.3 is 14.6 Å². The highest BCUT2D eigenvalue weighted by Crippen LogP contribution is 2.18. The zero-order valence-corrected chi connectivity index (χ0v) is 11.4. The maximum atomic E-state index is 10.6. The van der Waals surface area contributed by atoms with Gasteiger partial charge in [0.1, 0.15) is 0 Å². The van der Waals surface area contributed by atoms with E-state index in [2.05, 4.69) is 14.5 Å². The number of aliphatic carboxylic acids is 1. The lowest BCUT2D eigenvalue weighted by atomic mass is 10.4. The smallest absolute Gasteiger partial charge is 0.313 e. The number of hydrogen-bond acceptors (Lipinski definition) is 4. The number of imidazole rings is 1. The van der Waals surface area contributed by atoms with Gasteiger partial charge in [0.05, 0.1) is 5.75 Å². The molecule has 0 bridgehead atoms. The first-order valence-corrected chi connectivity index (χ1v) is 7.24. The monoisotopic (exact) mass is 269 g/mol. The Morgan fingerprint density at radius 1 is 1.44 bits per heavy atom. The number of thioether (sulfide) groups is 1. The molecule has 1 aromatic heterocycles. The van der Waals surface area contributed by atoms with Gasteiger partial charge in [0.25, 0.3) is 0 Å². The van der Waals surface area contributed by atoms with Crippen molar-refractivity contribution in [1.29, 1.82) is 0 Å². The average molecular weight is 269 g/mol. The van der Waals surface area contributed by atoms with Crippen LogP contribution in [0.4, 0.5) is 0 Å². The Bertz CT molecular complexity index is 413. The summed E-state index contributed by atoms with van der Waals surface area (Å²) >= 11 is 1.29. The minimum Gasteiger partial charge on any atom is -0.481 e. The van der Waals surface area contributed by atoms with Crippen LogP contribution in [0.15, 0.2) is 11.4 Å². The van der Waals surface area contributed by atoms with Crippen molar-refractivity contribution in [3.05, 3.63) is 11.9 Å². The summed E-state index contributed by atoms with van der Waals surface area (Å²) in [5.74, 6) is -0.730. The molecule has 0 aromatic carbocycles. The molecule has 1 aliphatic rings. The molecule has 0 spiro atoms. The first kappa shape index (κ1) is 13.4. The van der Waals surface area contributed by atoms with Crippen LogP contribution in [0.25, 0.3) is 0 Å². The molecule has 0 aliphatic carbocycles. The third kappa shape index (κ3) is 3.49. The van der Waals surface area contributed by atoms with E-state index in [0.29, 0.717) is 0 Å². The fourth-order valence-electron chi connectivity index (χ4n) is 2.20. The Labute approximate surface area is 111 Å². The molecule has 2 heterocycles. The van der Waals surface area contributed by atoms with Crippen LogP contribution < -0.4 is 0 Å². The summed E-state index contributed by atoms with van der Waals surface area (Å²) in [6, 6.07) is 0. The standard InChI is InChI=1S/C12H19N3O2S/c1-10-8-13-12(18-9-11(16)17)15(10)7-6-14-4-2-3-5-14/h8H,2-7,9H2,1H3,(H,16,17). The summed E-state index contributed by atoms with van der Waals surface area (Å²) in [4.78, 5) is 17.3. The second-order valence-corrected chi connectivity index (χ2v) is 5.51. The third-order valence-corrected chi connectivity index (χ3v) is 4.16. The number of rotatable bonds is 6. The van der Waals surface area contributed by atoms with Gasteiger partial charge in [-0.1, -0.05) is 11.8 Å². The van der Waals surface area contributed by atoms with Gasteiger partial charge in [-0.15, -0.1) is 0 Å². The lowest BCUT2D eigenvalue weighted by molar-refractivity contribution is -0.133. The van der Waals surface area contributed by atoms with E-state index in [9.17, 15) is 4.79 Å². The minimum atomic E-state index is -0.799. The number of carboxylic acids is 1. The van der Waals surface area contributed by atoms with Crippen molar-refractivity contribution in [2.75, 3.05) is 25.4 Å². The second kappa shape index (κ2) is 6.24. The highest BCUT2D eigenvalue weighted by atomic mass is 32.2. The van der Waals surface area contributed by atoms with E-state index in [1.807, 2.05) is 13.1 Å². The van der Waals surface area contributed by atoms with E-state index in [0.717, 1.165) is 23.9 Å². The van der Waals surface area contributed by atoms with Crippen LogP contribution in [0.3, 0.4) is 0 Å². The normalized spacial score (nSPS) is 16.3. The van der Waals surface area contributed by atoms with E-state index >= 15 is 0 Å². The van der Waals surface area contributed by atoms with Gasteiger partial charge in [0, 0.05) is 25.0 Å².